The molecule has 0 unspecified atom stereocenters. The van der Waals surface area contributed by atoms with Crippen LogP contribution in [0.4, 0.5) is 5.82 Å². The molecule has 3 aromatic heterocycles. The Morgan fingerprint density at radius 2 is 1.97 bits per heavy atom. The SMILES string of the molecule is CC(C)n1cnnc1-c1cccc(N2Cc3ccc(-c4nccs4)cc3C2=O)n1.O=C=O. The fraction of sp³-hybridized carbons (Fsp3) is 0.182. The van der Waals surface area contributed by atoms with Crippen LogP contribution in [0.15, 0.2) is 54.3 Å². The monoisotopic (exact) mass is 446 g/mol. The number of fused-ring (bicyclic) bond motifs is 1. The van der Waals surface area contributed by atoms with E-state index in [0.717, 1.165) is 16.1 Å². The summed E-state index contributed by atoms with van der Waals surface area (Å²) < 4.78 is 1.97. The molecule has 4 heterocycles. The third kappa shape index (κ3) is 3.96. The van der Waals surface area contributed by atoms with Crippen LogP contribution in [-0.4, -0.2) is 36.8 Å². The first-order valence-corrected chi connectivity index (χ1v) is 10.6. The average Bonchev–Trinajstić information content (AvgIpc) is 3.55. The molecule has 0 N–H and O–H groups in total. The lowest BCUT2D eigenvalue weighted by Gasteiger charge is -2.16. The number of thiazole rings is 1. The van der Waals surface area contributed by atoms with Gasteiger partial charge < -0.3 is 4.57 Å². The molecule has 0 radical (unpaired) electrons. The zero-order valence-electron chi connectivity index (χ0n) is 17.3. The highest BCUT2D eigenvalue weighted by atomic mass is 32.1. The summed E-state index contributed by atoms with van der Waals surface area (Å²) in [7, 11) is 0. The number of nitrogens with zero attached hydrogens (tertiary/aromatic N) is 6. The molecule has 0 saturated heterocycles. The number of aromatic nitrogens is 5. The van der Waals surface area contributed by atoms with Gasteiger partial charge in [0.2, 0.25) is 0 Å². The minimum absolute atomic E-state index is 0.0478. The number of hydrogen-bond acceptors (Lipinski definition) is 8. The van der Waals surface area contributed by atoms with Crippen molar-refractivity contribution in [3.05, 3.63) is 65.4 Å². The number of pyridine rings is 1. The Morgan fingerprint density at radius 3 is 2.69 bits per heavy atom. The largest absolute Gasteiger partial charge is 0.373 e. The van der Waals surface area contributed by atoms with Crippen LogP contribution in [0, 0.1) is 0 Å². The summed E-state index contributed by atoms with van der Waals surface area (Å²) in [5.74, 6) is 1.25. The Balaban J connectivity index is 0.000000775. The van der Waals surface area contributed by atoms with Crippen molar-refractivity contribution in [3.8, 4) is 22.1 Å². The lowest BCUT2D eigenvalue weighted by atomic mass is 10.1. The highest BCUT2D eigenvalue weighted by Crippen LogP contribution is 2.32. The van der Waals surface area contributed by atoms with Gasteiger partial charge in [-0.05, 0) is 37.6 Å². The van der Waals surface area contributed by atoms with Crippen molar-refractivity contribution in [1.82, 2.24) is 24.7 Å². The lowest BCUT2D eigenvalue weighted by Crippen LogP contribution is -2.24. The molecule has 1 aromatic carbocycles. The summed E-state index contributed by atoms with van der Waals surface area (Å²) in [5.41, 5.74) is 3.35. The summed E-state index contributed by atoms with van der Waals surface area (Å²) in [4.78, 5) is 40.1. The molecule has 32 heavy (non-hydrogen) atoms. The minimum atomic E-state index is -0.0478. The molecule has 4 aromatic rings. The van der Waals surface area contributed by atoms with E-state index in [0.29, 0.717) is 29.4 Å². The highest BCUT2D eigenvalue weighted by molar-refractivity contribution is 7.13. The van der Waals surface area contributed by atoms with Crippen LogP contribution in [0.2, 0.25) is 0 Å². The maximum atomic E-state index is 13.1. The zero-order chi connectivity index (χ0) is 22.7. The van der Waals surface area contributed by atoms with Crippen LogP contribution < -0.4 is 4.90 Å². The van der Waals surface area contributed by atoms with Crippen LogP contribution in [0.5, 0.6) is 0 Å². The van der Waals surface area contributed by atoms with Gasteiger partial charge in [-0.15, -0.1) is 21.5 Å². The van der Waals surface area contributed by atoms with Crippen molar-refractivity contribution in [2.45, 2.75) is 26.4 Å². The third-order valence-electron chi connectivity index (χ3n) is 4.96. The predicted molar refractivity (Wildman–Crippen MR) is 117 cm³/mol. The van der Waals surface area contributed by atoms with Crippen molar-refractivity contribution in [2.75, 3.05) is 4.90 Å². The molecule has 9 nitrogen and oxygen atoms in total. The van der Waals surface area contributed by atoms with E-state index >= 15 is 0 Å². The lowest BCUT2D eigenvalue weighted by molar-refractivity contribution is -0.191. The van der Waals surface area contributed by atoms with Crippen molar-refractivity contribution in [2.24, 2.45) is 0 Å². The summed E-state index contributed by atoms with van der Waals surface area (Å²) in [6.45, 7) is 4.63. The third-order valence-corrected chi connectivity index (χ3v) is 5.78. The second-order valence-electron chi connectivity index (χ2n) is 7.22. The standard InChI is InChI=1S/C21H18N6OS.CO2/c1-13(2)27-12-23-25-19(27)17-4-3-5-18(24-17)26-11-15-7-6-14(10-16(15)21(26)28)20-22-8-9-29-20;2-1-3/h3-10,12-13H,11H2,1-2H3;. The normalized spacial score (nSPS) is 12.3. The van der Waals surface area contributed by atoms with Crippen LogP contribution in [0.25, 0.3) is 22.1 Å². The van der Waals surface area contributed by atoms with E-state index < -0.39 is 0 Å². The summed E-state index contributed by atoms with van der Waals surface area (Å²) in [6, 6.07) is 11.8. The molecule has 0 saturated carbocycles. The van der Waals surface area contributed by atoms with Gasteiger partial charge in [0.05, 0.1) is 6.54 Å². The quantitative estimate of drug-likeness (QED) is 0.471. The molecule has 10 heteroatoms. The van der Waals surface area contributed by atoms with Crippen LogP contribution in [0.1, 0.15) is 35.8 Å². The van der Waals surface area contributed by atoms with Gasteiger partial charge in [0.1, 0.15) is 22.8 Å². The Kier molecular flexibility index (Phi) is 5.98. The van der Waals surface area contributed by atoms with Crippen molar-refractivity contribution < 1.29 is 14.4 Å². The topological polar surface area (TPSA) is 111 Å². The Labute approximate surface area is 187 Å². The van der Waals surface area contributed by atoms with Crippen molar-refractivity contribution in [1.29, 1.82) is 0 Å². The minimum Gasteiger partial charge on any atom is -0.310 e. The zero-order valence-corrected chi connectivity index (χ0v) is 18.1. The molecule has 5 rings (SSSR count). The number of benzene rings is 1. The van der Waals surface area contributed by atoms with Gasteiger partial charge in [-0.3, -0.25) is 9.69 Å². The number of carbonyl (C=O) groups excluding carboxylic acids is 3. The van der Waals surface area contributed by atoms with E-state index in [-0.39, 0.29) is 18.1 Å². The van der Waals surface area contributed by atoms with Gasteiger partial charge in [0, 0.05) is 28.7 Å². The van der Waals surface area contributed by atoms with Gasteiger partial charge in [-0.25, -0.2) is 9.97 Å². The average molecular weight is 446 g/mol. The molecule has 0 aliphatic carbocycles. The van der Waals surface area contributed by atoms with Crippen molar-refractivity contribution in [3.63, 3.8) is 0 Å². The fourth-order valence-corrected chi connectivity index (χ4v) is 4.12. The first kappa shape index (κ1) is 21.2. The summed E-state index contributed by atoms with van der Waals surface area (Å²) in [6.07, 6.45) is 3.72. The fourth-order valence-electron chi connectivity index (χ4n) is 3.49. The second-order valence-corrected chi connectivity index (χ2v) is 8.11. The smallest absolute Gasteiger partial charge is 0.310 e. The maximum absolute atomic E-state index is 13.1. The van der Waals surface area contributed by atoms with E-state index in [4.69, 9.17) is 14.6 Å². The summed E-state index contributed by atoms with van der Waals surface area (Å²) >= 11 is 1.56. The number of carbonyl (C=O) groups is 1. The van der Waals surface area contributed by atoms with Crippen LogP contribution >= 0.6 is 11.3 Å². The molecule has 0 atom stereocenters. The number of hydrogen-bond donors (Lipinski definition) is 0. The molecule has 0 fully saturated rings. The van der Waals surface area contributed by atoms with Gasteiger partial charge in [0.25, 0.3) is 5.91 Å². The second kappa shape index (κ2) is 9.01. The molecule has 1 aliphatic heterocycles. The van der Waals surface area contributed by atoms with E-state index in [9.17, 15) is 4.79 Å². The van der Waals surface area contributed by atoms with Crippen LogP contribution in [-0.2, 0) is 16.1 Å². The summed E-state index contributed by atoms with van der Waals surface area (Å²) in [5, 5.41) is 11.1. The number of amides is 1. The van der Waals surface area contributed by atoms with Crippen LogP contribution in [0.3, 0.4) is 0 Å². The molecule has 1 amide bonds. The molecule has 160 valence electrons. The van der Waals surface area contributed by atoms with Gasteiger partial charge in [-0.1, -0.05) is 18.2 Å². The molecule has 1 aliphatic rings. The highest BCUT2D eigenvalue weighted by Gasteiger charge is 2.30. The number of anilines is 1. The Hall–Kier alpha value is -4.01. The molecule has 0 bridgehead atoms. The molecule has 0 spiro atoms. The molecular weight excluding hydrogens is 428 g/mol. The van der Waals surface area contributed by atoms with E-state index in [2.05, 4.69) is 29.0 Å². The predicted octanol–water partition coefficient (Wildman–Crippen LogP) is 3.62. The maximum Gasteiger partial charge on any atom is 0.373 e. The van der Waals surface area contributed by atoms with E-state index in [1.165, 1.54) is 0 Å². The Bertz CT molecular complexity index is 1290. The molecular formula is C22H18N6O3S. The van der Waals surface area contributed by atoms with E-state index in [1.54, 1.807) is 28.8 Å². The van der Waals surface area contributed by atoms with Gasteiger partial charge in [0.15, 0.2) is 5.82 Å². The number of rotatable bonds is 4. The van der Waals surface area contributed by atoms with Crippen molar-refractivity contribution >= 4 is 29.2 Å². The van der Waals surface area contributed by atoms with Gasteiger partial charge in [-0.2, -0.15) is 9.59 Å². The van der Waals surface area contributed by atoms with E-state index in [1.807, 2.05) is 46.3 Å². The first-order valence-electron chi connectivity index (χ1n) is 9.74. The Morgan fingerprint density at radius 1 is 1.16 bits per heavy atom. The first-order chi connectivity index (χ1) is 15.5. The van der Waals surface area contributed by atoms with Gasteiger partial charge >= 0.3 is 6.15 Å².